The van der Waals surface area contributed by atoms with E-state index in [1.807, 2.05) is 18.4 Å². The van der Waals surface area contributed by atoms with Crippen LogP contribution in [0.1, 0.15) is 17.8 Å². The van der Waals surface area contributed by atoms with Gasteiger partial charge in [0.05, 0.1) is 12.1 Å². The van der Waals surface area contributed by atoms with Gasteiger partial charge in [0.15, 0.2) is 0 Å². The van der Waals surface area contributed by atoms with Crippen molar-refractivity contribution in [3.63, 3.8) is 0 Å². The van der Waals surface area contributed by atoms with E-state index in [1.165, 1.54) is 4.88 Å². The topological polar surface area (TPSA) is 47.3 Å². The summed E-state index contributed by atoms with van der Waals surface area (Å²) >= 11 is 1.70. The quantitative estimate of drug-likeness (QED) is 0.752. The van der Waals surface area contributed by atoms with E-state index >= 15 is 0 Å². The average Bonchev–Trinajstić information content (AvgIpc) is 2.70. The first-order chi connectivity index (χ1) is 6.74. The number of nitrogens with one attached hydrogen (secondary N) is 1. The number of rotatable bonds is 6. The fraction of sp³-hybridized carbons (Fsp3) is 0.600. The summed E-state index contributed by atoms with van der Waals surface area (Å²) < 4.78 is 5.12. The highest BCUT2D eigenvalue weighted by molar-refractivity contribution is 7.10. The minimum atomic E-state index is 0.0963. The maximum absolute atomic E-state index is 5.97. The van der Waals surface area contributed by atoms with Crippen LogP contribution in [-0.4, -0.2) is 26.3 Å². The molecule has 80 valence electrons. The molecule has 14 heavy (non-hydrogen) atoms. The van der Waals surface area contributed by atoms with Crippen molar-refractivity contribution in [1.29, 1.82) is 0 Å². The van der Waals surface area contributed by atoms with Gasteiger partial charge in [-0.2, -0.15) is 0 Å². The molecule has 2 atom stereocenters. The summed E-state index contributed by atoms with van der Waals surface area (Å²) in [6.45, 7) is 3.67. The molecule has 0 saturated heterocycles. The average molecular weight is 214 g/mol. The van der Waals surface area contributed by atoms with Gasteiger partial charge in [0.2, 0.25) is 0 Å². The number of methoxy groups -OCH3 is 1. The molecular formula is C10H18N2OS. The molecule has 4 heteroatoms. The van der Waals surface area contributed by atoms with E-state index in [9.17, 15) is 0 Å². The van der Waals surface area contributed by atoms with Crippen molar-refractivity contribution in [3.05, 3.63) is 22.4 Å². The second-order valence-electron chi connectivity index (χ2n) is 3.33. The fourth-order valence-corrected chi connectivity index (χ4v) is 1.86. The van der Waals surface area contributed by atoms with E-state index in [-0.39, 0.29) is 12.1 Å². The third-order valence-electron chi connectivity index (χ3n) is 2.11. The largest absolute Gasteiger partial charge is 0.380 e. The van der Waals surface area contributed by atoms with Gasteiger partial charge in [-0.1, -0.05) is 6.07 Å². The van der Waals surface area contributed by atoms with E-state index in [4.69, 9.17) is 10.5 Å². The summed E-state index contributed by atoms with van der Waals surface area (Å²) in [5, 5.41) is 5.33. The lowest BCUT2D eigenvalue weighted by Crippen LogP contribution is -2.32. The van der Waals surface area contributed by atoms with Crippen LogP contribution in [0.4, 0.5) is 0 Å². The van der Waals surface area contributed by atoms with Gasteiger partial charge < -0.3 is 15.8 Å². The summed E-state index contributed by atoms with van der Waals surface area (Å²) in [6.07, 6.45) is 0.241. The standard InChI is InChI=1S/C10H18N2OS/c1-8(13-2)6-12-7-9(11)10-4-3-5-14-10/h3-5,8-9,12H,6-7,11H2,1-2H3. The summed E-state index contributed by atoms with van der Waals surface area (Å²) in [7, 11) is 1.71. The Morgan fingerprint density at radius 3 is 2.93 bits per heavy atom. The molecule has 2 unspecified atom stereocenters. The summed E-state index contributed by atoms with van der Waals surface area (Å²) in [6, 6.07) is 4.19. The van der Waals surface area contributed by atoms with Crippen molar-refractivity contribution in [3.8, 4) is 0 Å². The number of hydrogen-bond acceptors (Lipinski definition) is 4. The molecule has 0 aromatic carbocycles. The highest BCUT2D eigenvalue weighted by Crippen LogP contribution is 2.15. The minimum Gasteiger partial charge on any atom is -0.380 e. The van der Waals surface area contributed by atoms with Gasteiger partial charge in [-0.3, -0.25) is 0 Å². The summed E-state index contributed by atoms with van der Waals surface area (Å²) in [5.41, 5.74) is 5.97. The molecule has 0 aliphatic carbocycles. The number of ether oxygens (including phenoxy) is 1. The van der Waals surface area contributed by atoms with Crippen LogP contribution in [0.3, 0.4) is 0 Å². The van der Waals surface area contributed by atoms with Crippen LogP contribution >= 0.6 is 11.3 Å². The number of hydrogen-bond donors (Lipinski definition) is 2. The molecule has 0 radical (unpaired) electrons. The molecule has 0 bridgehead atoms. The maximum atomic E-state index is 5.97. The highest BCUT2D eigenvalue weighted by atomic mass is 32.1. The molecule has 0 amide bonds. The molecule has 0 aliphatic rings. The fourth-order valence-electron chi connectivity index (χ4n) is 1.13. The SMILES string of the molecule is COC(C)CNCC(N)c1cccs1. The molecule has 0 aliphatic heterocycles. The van der Waals surface area contributed by atoms with Crippen molar-refractivity contribution < 1.29 is 4.74 Å². The van der Waals surface area contributed by atoms with E-state index in [0.717, 1.165) is 13.1 Å². The van der Waals surface area contributed by atoms with Gasteiger partial charge >= 0.3 is 0 Å². The highest BCUT2D eigenvalue weighted by Gasteiger charge is 2.06. The predicted molar refractivity (Wildman–Crippen MR) is 60.6 cm³/mol. The van der Waals surface area contributed by atoms with Crippen LogP contribution in [0.5, 0.6) is 0 Å². The van der Waals surface area contributed by atoms with Crippen LogP contribution in [0.15, 0.2) is 17.5 Å². The Morgan fingerprint density at radius 1 is 1.57 bits per heavy atom. The third kappa shape index (κ3) is 3.75. The van der Waals surface area contributed by atoms with Crippen molar-refractivity contribution in [1.82, 2.24) is 5.32 Å². The Morgan fingerprint density at radius 2 is 2.36 bits per heavy atom. The van der Waals surface area contributed by atoms with Gasteiger partial charge in [-0.05, 0) is 18.4 Å². The molecule has 0 fully saturated rings. The van der Waals surface area contributed by atoms with Crippen LogP contribution < -0.4 is 11.1 Å². The number of nitrogens with two attached hydrogens (primary N) is 1. The lowest BCUT2D eigenvalue weighted by atomic mass is 10.2. The van der Waals surface area contributed by atoms with Gasteiger partial charge in [0, 0.05) is 25.1 Å². The van der Waals surface area contributed by atoms with Gasteiger partial charge in [0.25, 0.3) is 0 Å². The lowest BCUT2D eigenvalue weighted by Gasteiger charge is -2.14. The molecule has 1 heterocycles. The van der Waals surface area contributed by atoms with Gasteiger partial charge in [0.1, 0.15) is 0 Å². The minimum absolute atomic E-state index is 0.0963. The van der Waals surface area contributed by atoms with E-state index < -0.39 is 0 Å². The first-order valence-electron chi connectivity index (χ1n) is 4.76. The molecule has 1 aromatic heterocycles. The normalized spacial score (nSPS) is 15.4. The van der Waals surface area contributed by atoms with Gasteiger partial charge in [-0.25, -0.2) is 0 Å². The number of thiophene rings is 1. The van der Waals surface area contributed by atoms with Crippen LogP contribution in [0.2, 0.25) is 0 Å². The lowest BCUT2D eigenvalue weighted by molar-refractivity contribution is 0.117. The predicted octanol–water partition coefficient (Wildman–Crippen LogP) is 1.37. The smallest absolute Gasteiger partial charge is 0.0667 e. The molecule has 1 aromatic rings. The Bertz CT molecular complexity index is 238. The zero-order chi connectivity index (χ0) is 10.4. The summed E-state index contributed by atoms with van der Waals surface area (Å²) in [4.78, 5) is 1.22. The first kappa shape index (κ1) is 11.7. The van der Waals surface area contributed by atoms with E-state index in [1.54, 1.807) is 18.4 Å². The third-order valence-corrected chi connectivity index (χ3v) is 3.11. The Kier molecular flexibility index (Phi) is 5.11. The van der Waals surface area contributed by atoms with Crippen LogP contribution in [0, 0.1) is 0 Å². The second kappa shape index (κ2) is 6.14. The summed E-state index contributed by atoms with van der Waals surface area (Å²) in [5.74, 6) is 0. The van der Waals surface area contributed by atoms with Crippen LogP contribution in [0.25, 0.3) is 0 Å². The van der Waals surface area contributed by atoms with Crippen molar-refractivity contribution >= 4 is 11.3 Å². The molecule has 3 N–H and O–H groups in total. The molecule has 3 nitrogen and oxygen atoms in total. The molecule has 0 saturated carbocycles. The van der Waals surface area contributed by atoms with E-state index in [0.29, 0.717) is 0 Å². The van der Waals surface area contributed by atoms with Crippen molar-refractivity contribution in [2.45, 2.75) is 19.1 Å². The maximum Gasteiger partial charge on any atom is 0.0667 e. The zero-order valence-corrected chi connectivity index (χ0v) is 9.51. The second-order valence-corrected chi connectivity index (χ2v) is 4.31. The van der Waals surface area contributed by atoms with Crippen LogP contribution in [-0.2, 0) is 4.74 Å². The monoisotopic (exact) mass is 214 g/mol. The first-order valence-corrected chi connectivity index (χ1v) is 5.64. The van der Waals surface area contributed by atoms with Gasteiger partial charge in [-0.15, -0.1) is 11.3 Å². The molecule has 1 rings (SSSR count). The molecular weight excluding hydrogens is 196 g/mol. The van der Waals surface area contributed by atoms with E-state index in [2.05, 4.69) is 11.4 Å². The molecule has 0 spiro atoms. The zero-order valence-electron chi connectivity index (χ0n) is 8.69. The van der Waals surface area contributed by atoms with Crippen molar-refractivity contribution in [2.24, 2.45) is 5.73 Å². The Balaban J connectivity index is 2.19. The Hall–Kier alpha value is -0.420. The Labute approximate surface area is 89.3 Å². The van der Waals surface area contributed by atoms with Crippen molar-refractivity contribution in [2.75, 3.05) is 20.2 Å².